The predicted octanol–water partition coefficient (Wildman–Crippen LogP) is 3.93. The van der Waals surface area contributed by atoms with Crippen LogP contribution in [0, 0.1) is 5.92 Å². The molecule has 0 radical (unpaired) electrons. The summed E-state index contributed by atoms with van der Waals surface area (Å²) in [7, 11) is 0. The van der Waals surface area contributed by atoms with E-state index in [-0.39, 0.29) is 5.91 Å². The van der Waals surface area contributed by atoms with E-state index < -0.39 is 0 Å². The largest absolute Gasteiger partial charge is 0.370 e. The number of carbonyl (C=O) groups is 1. The molecule has 22 heavy (non-hydrogen) atoms. The molecule has 2 aliphatic rings. The van der Waals surface area contributed by atoms with E-state index >= 15 is 0 Å². The summed E-state index contributed by atoms with van der Waals surface area (Å²) in [6, 6.07) is 6.52. The van der Waals surface area contributed by atoms with Gasteiger partial charge in [-0.05, 0) is 56.7 Å². The summed E-state index contributed by atoms with van der Waals surface area (Å²) in [4.78, 5) is 16.2. The minimum absolute atomic E-state index is 0.0916. The highest BCUT2D eigenvalue weighted by molar-refractivity contribution is 7.99. The minimum atomic E-state index is 0.0916. The number of amides is 1. The third kappa shape index (κ3) is 3.43. The van der Waals surface area contributed by atoms with Crippen molar-refractivity contribution in [3.63, 3.8) is 0 Å². The zero-order chi connectivity index (χ0) is 15.5. The molecule has 1 amide bonds. The number of carbonyl (C=O) groups excluding carboxylic acids is 1. The number of hydrogen-bond donors (Lipinski definition) is 1. The van der Waals surface area contributed by atoms with Crippen LogP contribution in [-0.4, -0.2) is 30.8 Å². The molecule has 1 heterocycles. The van der Waals surface area contributed by atoms with Crippen LogP contribution in [0.3, 0.4) is 0 Å². The standard InChI is InChI=1S/C18H26N2OS/c1-3-20-10-11-22-17-9-6-14(12-16(17)20)18(21)19-15-7-4-13(2)5-8-15/h6,9,12-13,15H,3-5,7-8,10-11H2,1-2H3,(H,19,21). The smallest absolute Gasteiger partial charge is 0.251 e. The second kappa shape index (κ2) is 6.95. The van der Waals surface area contributed by atoms with Crippen molar-refractivity contribution in [1.82, 2.24) is 5.32 Å². The van der Waals surface area contributed by atoms with E-state index in [0.717, 1.165) is 43.2 Å². The van der Waals surface area contributed by atoms with Crippen molar-refractivity contribution in [1.29, 1.82) is 0 Å². The van der Waals surface area contributed by atoms with Gasteiger partial charge in [-0.2, -0.15) is 0 Å². The van der Waals surface area contributed by atoms with Crippen molar-refractivity contribution < 1.29 is 4.79 Å². The third-order valence-electron chi connectivity index (χ3n) is 4.91. The van der Waals surface area contributed by atoms with E-state index in [4.69, 9.17) is 0 Å². The van der Waals surface area contributed by atoms with Crippen LogP contribution >= 0.6 is 11.8 Å². The Bertz CT molecular complexity index is 538. The first-order valence-corrected chi connectivity index (χ1v) is 9.48. The first-order valence-electron chi connectivity index (χ1n) is 8.50. The molecule has 1 aromatic carbocycles. The van der Waals surface area contributed by atoms with Crippen LogP contribution in [-0.2, 0) is 0 Å². The molecule has 0 bridgehead atoms. The molecule has 0 aromatic heterocycles. The van der Waals surface area contributed by atoms with Gasteiger partial charge in [-0.3, -0.25) is 4.79 Å². The molecule has 120 valence electrons. The second-order valence-electron chi connectivity index (χ2n) is 6.54. The Morgan fingerprint density at radius 3 is 2.82 bits per heavy atom. The van der Waals surface area contributed by atoms with Gasteiger partial charge in [0.05, 0.1) is 5.69 Å². The fraction of sp³-hybridized carbons (Fsp3) is 0.611. The molecule has 0 unspecified atom stereocenters. The number of hydrogen-bond acceptors (Lipinski definition) is 3. The number of benzene rings is 1. The van der Waals surface area contributed by atoms with E-state index in [1.165, 1.54) is 23.4 Å². The van der Waals surface area contributed by atoms with Gasteiger partial charge >= 0.3 is 0 Å². The summed E-state index contributed by atoms with van der Waals surface area (Å²) in [6.45, 7) is 6.55. The summed E-state index contributed by atoms with van der Waals surface area (Å²) >= 11 is 1.89. The molecule has 1 N–H and O–H groups in total. The Morgan fingerprint density at radius 1 is 1.32 bits per heavy atom. The van der Waals surface area contributed by atoms with Gasteiger partial charge in [-0.15, -0.1) is 11.8 Å². The lowest BCUT2D eigenvalue weighted by molar-refractivity contribution is 0.0923. The van der Waals surface area contributed by atoms with Gasteiger partial charge in [0.2, 0.25) is 0 Å². The number of fused-ring (bicyclic) bond motifs is 1. The van der Waals surface area contributed by atoms with Crippen molar-refractivity contribution >= 4 is 23.4 Å². The van der Waals surface area contributed by atoms with Gasteiger partial charge in [0.1, 0.15) is 0 Å². The minimum Gasteiger partial charge on any atom is -0.370 e. The Balaban J connectivity index is 1.70. The molecular weight excluding hydrogens is 292 g/mol. The molecule has 3 nitrogen and oxygen atoms in total. The maximum absolute atomic E-state index is 12.5. The summed E-state index contributed by atoms with van der Waals surface area (Å²) in [5, 5.41) is 3.23. The van der Waals surface area contributed by atoms with Gasteiger partial charge in [0, 0.05) is 35.3 Å². The van der Waals surface area contributed by atoms with Gasteiger partial charge in [0.25, 0.3) is 5.91 Å². The topological polar surface area (TPSA) is 32.3 Å². The van der Waals surface area contributed by atoms with E-state index in [1.807, 2.05) is 17.8 Å². The lowest BCUT2D eigenvalue weighted by Crippen LogP contribution is -2.37. The van der Waals surface area contributed by atoms with E-state index in [2.05, 4.69) is 36.2 Å². The summed E-state index contributed by atoms with van der Waals surface area (Å²) in [6.07, 6.45) is 4.70. The van der Waals surface area contributed by atoms with Crippen LogP contribution in [0.1, 0.15) is 49.9 Å². The van der Waals surface area contributed by atoms with E-state index in [0.29, 0.717) is 6.04 Å². The zero-order valence-electron chi connectivity index (χ0n) is 13.6. The maximum atomic E-state index is 12.5. The highest BCUT2D eigenvalue weighted by atomic mass is 32.2. The molecule has 0 spiro atoms. The highest BCUT2D eigenvalue weighted by Crippen LogP contribution is 2.35. The molecule has 1 aromatic rings. The fourth-order valence-corrected chi connectivity index (χ4v) is 4.45. The van der Waals surface area contributed by atoms with Gasteiger partial charge < -0.3 is 10.2 Å². The number of nitrogens with zero attached hydrogens (tertiary/aromatic N) is 1. The lowest BCUT2D eigenvalue weighted by Gasteiger charge is -2.30. The van der Waals surface area contributed by atoms with Crippen LogP contribution in [0.15, 0.2) is 23.1 Å². The number of thioether (sulfide) groups is 1. The number of nitrogens with one attached hydrogen (secondary N) is 1. The van der Waals surface area contributed by atoms with Crippen molar-refractivity contribution in [2.45, 2.75) is 50.5 Å². The molecule has 1 aliphatic carbocycles. The van der Waals surface area contributed by atoms with Gasteiger partial charge in [0.15, 0.2) is 0 Å². The third-order valence-corrected chi connectivity index (χ3v) is 5.96. The molecule has 0 atom stereocenters. The Hall–Kier alpha value is -1.16. The second-order valence-corrected chi connectivity index (χ2v) is 7.68. The first-order chi connectivity index (χ1) is 10.7. The van der Waals surface area contributed by atoms with E-state index in [1.54, 1.807) is 0 Å². The van der Waals surface area contributed by atoms with Gasteiger partial charge in [-0.1, -0.05) is 6.92 Å². The van der Waals surface area contributed by atoms with Crippen LogP contribution in [0.4, 0.5) is 5.69 Å². The molecule has 1 saturated carbocycles. The van der Waals surface area contributed by atoms with Crippen molar-refractivity contribution in [3.05, 3.63) is 23.8 Å². The molecule has 4 heteroatoms. The quantitative estimate of drug-likeness (QED) is 0.916. The van der Waals surface area contributed by atoms with Crippen LogP contribution in [0.2, 0.25) is 0 Å². The van der Waals surface area contributed by atoms with Crippen molar-refractivity contribution in [2.24, 2.45) is 5.92 Å². The van der Waals surface area contributed by atoms with Crippen molar-refractivity contribution in [3.8, 4) is 0 Å². The fourth-order valence-electron chi connectivity index (χ4n) is 3.42. The van der Waals surface area contributed by atoms with Gasteiger partial charge in [-0.25, -0.2) is 0 Å². The predicted molar refractivity (Wildman–Crippen MR) is 93.9 cm³/mol. The average molecular weight is 318 g/mol. The SMILES string of the molecule is CCN1CCSc2ccc(C(=O)NC3CCC(C)CC3)cc21. The average Bonchev–Trinajstić information content (AvgIpc) is 2.55. The zero-order valence-corrected chi connectivity index (χ0v) is 14.4. The van der Waals surface area contributed by atoms with E-state index in [9.17, 15) is 4.79 Å². The first kappa shape index (κ1) is 15.7. The summed E-state index contributed by atoms with van der Waals surface area (Å²) in [5.41, 5.74) is 2.03. The highest BCUT2D eigenvalue weighted by Gasteiger charge is 2.22. The Morgan fingerprint density at radius 2 is 2.09 bits per heavy atom. The molecule has 1 fully saturated rings. The molecule has 0 saturated heterocycles. The van der Waals surface area contributed by atoms with Crippen molar-refractivity contribution in [2.75, 3.05) is 23.7 Å². The normalized spacial score (nSPS) is 24.7. The number of rotatable bonds is 3. The Kier molecular flexibility index (Phi) is 4.97. The molecule has 1 aliphatic heterocycles. The monoisotopic (exact) mass is 318 g/mol. The van der Waals surface area contributed by atoms with Crippen LogP contribution in [0.5, 0.6) is 0 Å². The molecule has 3 rings (SSSR count). The van der Waals surface area contributed by atoms with Crippen LogP contribution < -0.4 is 10.2 Å². The summed E-state index contributed by atoms with van der Waals surface area (Å²) < 4.78 is 0. The Labute approximate surface area is 137 Å². The van der Waals surface area contributed by atoms with Crippen LogP contribution in [0.25, 0.3) is 0 Å². The number of anilines is 1. The lowest BCUT2D eigenvalue weighted by atomic mass is 9.87. The maximum Gasteiger partial charge on any atom is 0.251 e. The molecular formula is C18H26N2OS. The summed E-state index contributed by atoms with van der Waals surface area (Å²) in [5.74, 6) is 2.04.